The van der Waals surface area contributed by atoms with Crippen molar-refractivity contribution < 1.29 is 0 Å². The average molecular weight is 222 g/mol. The van der Waals surface area contributed by atoms with Crippen molar-refractivity contribution in [3.8, 4) is 0 Å². The van der Waals surface area contributed by atoms with Crippen LogP contribution in [0, 0.1) is 11.8 Å². The van der Waals surface area contributed by atoms with Gasteiger partial charge in [-0.2, -0.15) is 0 Å². The zero-order valence-electron chi connectivity index (χ0n) is 11.2. The van der Waals surface area contributed by atoms with Gasteiger partial charge in [-0.15, -0.1) is 6.58 Å². The second-order valence-corrected chi connectivity index (χ2v) is 5.53. The van der Waals surface area contributed by atoms with Gasteiger partial charge in [0.25, 0.3) is 0 Å². The predicted molar refractivity (Wildman–Crippen MR) is 73.6 cm³/mol. The summed E-state index contributed by atoms with van der Waals surface area (Å²) in [5.74, 6) is 1.98. The van der Waals surface area contributed by atoms with E-state index >= 15 is 0 Å². The maximum Gasteiger partial charge on any atom is -0.0322 e. The van der Waals surface area contributed by atoms with E-state index in [4.69, 9.17) is 0 Å². The number of hydrogen-bond donors (Lipinski definition) is 0. The van der Waals surface area contributed by atoms with E-state index in [-0.39, 0.29) is 0 Å². The molecule has 1 aliphatic carbocycles. The Bertz CT molecular complexity index is 165. The summed E-state index contributed by atoms with van der Waals surface area (Å²) in [6.07, 6.45) is 18.0. The second-order valence-electron chi connectivity index (χ2n) is 5.53. The van der Waals surface area contributed by atoms with Crippen molar-refractivity contribution in [1.82, 2.24) is 0 Å². The fraction of sp³-hybridized carbons (Fsp3) is 0.875. The molecule has 1 saturated carbocycles. The summed E-state index contributed by atoms with van der Waals surface area (Å²) in [5.41, 5.74) is 0. The van der Waals surface area contributed by atoms with Crippen molar-refractivity contribution >= 4 is 0 Å². The van der Waals surface area contributed by atoms with Gasteiger partial charge >= 0.3 is 0 Å². The Hall–Kier alpha value is -0.260. The topological polar surface area (TPSA) is 0 Å². The molecule has 0 nitrogen and oxygen atoms in total. The monoisotopic (exact) mass is 222 g/mol. The van der Waals surface area contributed by atoms with Crippen LogP contribution in [0.4, 0.5) is 0 Å². The molecule has 0 N–H and O–H groups in total. The highest BCUT2D eigenvalue weighted by Crippen LogP contribution is 2.34. The van der Waals surface area contributed by atoms with Crippen LogP contribution in [0.25, 0.3) is 0 Å². The highest BCUT2D eigenvalue weighted by atomic mass is 14.3. The SMILES string of the molecule is C=CCC(CCCCCC)C1CCCCC1. The minimum Gasteiger partial charge on any atom is -0.103 e. The molecular weight excluding hydrogens is 192 g/mol. The third-order valence-corrected chi connectivity index (χ3v) is 4.21. The van der Waals surface area contributed by atoms with Crippen LogP contribution < -0.4 is 0 Å². The summed E-state index contributed by atoms with van der Waals surface area (Å²) in [6, 6.07) is 0. The van der Waals surface area contributed by atoms with E-state index in [0.717, 1.165) is 11.8 Å². The molecule has 0 aromatic heterocycles. The molecule has 1 fully saturated rings. The Morgan fingerprint density at radius 1 is 1.12 bits per heavy atom. The van der Waals surface area contributed by atoms with Crippen molar-refractivity contribution in [2.24, 2.45) is 11.8 Å². The Labute approximate surface area is 103 Å². The van der Waals surface area contributed by atoms with Crippen LogP contribution in [-0.4, -0.2) is 0 Å². The summed E-state index contributed by atoms with van der Waals surface area (Å²) in [7, 11) is 0. The number of allylic oxidation sites excluding steroid dienone is 1. The molecule has 94 valence electrons. The first-order chi connectivity index (χ1) is 7.88. The molecule has 0 aromatic rings. The maximum atomic E-state index is 3.94. The molecule has 16 heavy (non-hydrogen) atoms. The van der Waals surface area contributed by atoms with Gasteiger partial charge in [-0.25, -0.2) is 0 Å². The fourth-order valence-corrected chi connectivity index (χ4v) is 3.20. The molecule has 0 saturated heterocycles. The molecule has 0 aromatic carbocycles. The Morgan fingerprint density at radius 2 is 1.88 bits per heavy atom. The maximum absolute atomic E-state index is 3.94. The van der Waals surface area contributed by atoms with Gasteiger partial charge in [0.2, 0.25) is 0 Å². The molecule has 0 bridgehead atoms. The van der Waals surface area contributed by atoms with Gasteiger partial charge < -0.3 is 0 Å². The largest absolute Gasteiger partial charge is 0.103 e. The van der Waals surface area contributed by atoms with Crippen molar-refractivity contribution in [3.05, 3.63) is 12.7 Å². The van der Waals surface area contributed by atoms with E-state index in [2.05, 4.69) is 19.6 Å². The molecule has 0 amide bonds. The van der Waals surface area contributed by atoms with Crippen LogP contribution in [0.15, 0.2) is 12.7 Å². The van der Waals surface area contributed by atoms with Crippen molar-refractivity contribution in [2.45, 2.75) is 77.6 Å². The molecule has 1 aliphatic rings. The zero-order chi connectivity index (χ0) is 11.6. The zero-order valence-corrected chi connectivity index (χ0v) is 11.2. The third-order valence-electron chi connectivity index (χ3n) is 4.21. The standard InChI is InChI=1S/C16H30/c1-3-5-6-8-12-15(11-4-2)16-13-9-7-10-14-16/h4,15-16H,2-3,5-14H2,1H3. The summed E-state index contributed by atoms with van der Waals surface area (Å²) in [5, 5.41) is 0. The lowest BCUT2D eigenvalue weighted by Gasteiger charge is -2.29. The average Bonchev–Trinajstić information content (AvgIpc) is 2.34. The van der Waals surface area contributed by atoms with Gasteiger partial charge in [-0.3, -0.25) is 0 Å². The molecule has 0 spiro atoms. The Morgan fingerprint density at radius 3 is 2.50 bits per heavy atom. The smallest absolute Gasteiger partial charge is 0.0322 e. The second kappa shape index (κ2) is 8.84. The molecule has 0 aliphatic heterocycles. The molecule has 1 unspecified atom stereocenters. The van der Waals surface area contributed by atoms with E-state index in [9.17, 15) is 0 Å². The van der Waals surface area contributed by atoms with Gasteiger partial charge in [-0.1, -0.05) is 70.8 Å². The number of hydrogen-bond acceptors (Lipinski definition) is 0. The van der Waals surface area contributed by atoms with Crippen LogP contribution in [0.5, 0.6) is 0 Å². The number of unbranched alkanes of at least 4 members (excludes halogenated alkanes) is 3. The summed E-state index contributed by atoms with van der Waals surface area (Å²) < 4.78 is 0. The number of rotatable bonds is 8. The Balaban J connectivity index is 2.24. The first-order valence-electron chi connectivity index (χ1n) is 7.49. The van der Waals surface area contributed by atoms with Gasteiger partial charge in [0.15, 0.2) is 0 Å². The van der Waals surface area contributed by atoms with Crippen LogP contribution in [0.2, 0.25) is 0 Å². The van der Waals surface area contributed by atoms with Gasteiger partial charge in [-0.05, 0) is 24.7 Å². The highest BCUT2D eigenvalue weighted by Gasteiger charge is 2.21. The predicted octanol–water partition coefficient (Wildman–Crippen LogP) is 5.73. The molecule has 0 heteroatoms. The minimum absolute atomic E-state index is 0.953. The van der Waals surface area contributed by atoms with Gasteiger partial charge in [0, 0.05) is 0 Å². The minimum atomic E-state index is 0.953. The fourth-order valence-electron chi connectivity index (χ4n) is 3.20. The van der Waals surface area contributed by atoms with E-state index in [0.29, 0.717) is 0 Å². The summed E-state index contributed by atoms with van der Waals surface area (Å²) >= 11 is 0. The molecular formula is C16H30. The van der Waals surface area contributed by atoms with Crippen LogP contribution >= 0.6 is 0 Å². The van der Waals surface area contributed by atoms with Gasteiger partial charge in [0.05, 0.1) is 0 Å². The molecule has 0 heterocycles. The lowest BCUT2D eigenvalue weighted by molar-refractivity contribution is 0.232. The van der Waals surface area contributed by atoms with E-state index < -0.39 is 0 Å². The highest BCUT2D eigenvalue weighted by molar-refractivity contribution is 4.80. The summed E-state index contributed by atoms with van der Waals surface area (Å²) in [4.78, 5) is 0. The lowest BCUT2D eigenvalue weighted by Crippen LogP contribution is -2.17. The van der Waals surface area contributed by atoms with Crippen LogP contribution in [0.3, 0.4) is 0 Å². The first-order valence-corrected chi connectivity index (χ1v) is 7.49. The molecule has 1 rings (SSSR count). The van der Waals surface area contributed by atoms with Gasteiger partial charge in [0.1, 0.15) is 0 Å². The molecule has 1 atom stereocenters. The van der Waals surface area contributed by atoms with Crippen molar-refractivity contribution in [2.75, 3.05) is 0 Å². The third kappa shape index (κ3) is 5.18. The Kier molecular flexibility index (Phi) is 7.63. The summed E-state index contributed by atoms with van der Waals surface area (Å²) in [6.45, 7) is 6.23. The quantitative estimate of drug-likeness (QED) is 0.363. The van der Waals surface area contributed by atoms with E-state index in [1.165, 1.54) is 70.6 Å². The van der Waals surface area contributed by atoms with Crippen LogP contribution in [0.1, 0.15) is 77.6 Å². The van der Waals surface area contributed by atoms with Crippen molar-refractivity contribution in [1.29, 1.82) is 0 Å². The van der Waals surface area contributed by atoms with E-state index in [1.807, 2.05) is 0 Å². The van der Waals surface area contributed by atoms with E-state index in [1.54, 1.807) is 0 Å². The first kappa shape index (κ1) is 13.8. The normalized spacial score (nSPS) is 19.6. The molecule has 0 radical (unpaired) electrons. The lowest BCUT2D eigenvalue weighted by atomic mass is 9.76. The van der Waals surface area contributed by atoms with Crippen molar-refractivity contribution in [3.63, 3.8) is 0 Å². The van der Waals surface area contributed by atoms with Crippen LogP contribution in [-0.2, 0) is 0 Å².